The first-order chi connectivity index (χ1) is 8.34. The van der Waals surface area contributed by atoms with E-state index >= 15 is 0 Å². The number of ether oxygens (including phenoxy) is 1. The van der Waals surface area contributed by atoms with Crippen molar-refractivity contribution in [1.82, 2.24) is 19.8 Å². The Morgan fingerprint density at radius 3 is 3.12 bits per heavy atom. The van der Waals surface area contributed by atoms with Crippen LogP contribution in [0, 0.1) is 0 Å². The van der Waals surface area contributed by atoms with E-state index in [4.69, 9.17) is 4.74 Å². The quantitative estimate of drug-likeness (QED) is 0.781. The van der Waals surface area contributed by atoms with Crippen molar-refractivity contribution in [3.8, 4) is 0 Å². The van der Waals surface area contributed by atoms with Crippen molar-refractivity contribution in [2.75, 3.05) is 39.4 Å². The van der Waals surface area contributed by atoms with Crippen LogP contribution in [0.4, 0.5) is 0 Å². The molecule has 1 fully saturated rings. The SMILES string of the molecule is Cn1cnc2c1CCNC2CN1CCOCC1. The van der Waals surface area contributed by atoms with Crippen molar-refractivity contribution < 1.29 is 4.74 Å². The van der Waals surface area contributed by atoms with E-state index in [0.717, 1.165) is 45.8 Å². The number of hydrogen-bond donors (Lipinski definition) is 1. The Morgan fingerprint density at radius 1 is 1.47 bits per heavy atom. The molecule has 0 amide bonds. The number of rotatable bonds is 2. The zero-order chi connectivity index (χ0) is 11.7. The molecule has 17 heavy (non-hydrogen) atoms. The molecule has 0 bridgehead atoms. The molecule has 1 N–H and O–H groups in total. The van der Waals surface area contributed by atoms with Crippen LogP contribution in [0.15, 0.2) is 6.33 Å². The van der Waals surface area contributed by atoms with Gasteiger partial charge in [0, 0.05) is 45.3 Å². The van der Waals surface area contributed by atoms with Crippen LogP contribution < -0.4 is 5.32 Å². The lowest BCUT2D eigenvalue weighted by atomic mass is 10.0. The number of aromatic nitrogens is 2. The number of imidazole rings is 1. The lowest BCUT2D eigenvalue weighted by Gasteiger charge is -2.32. The summed E-state index contributed by atoms with van der Waals surface area (Å²) >= 11 is 0. The van der Waals surface area contributed by atoms with Crippen LogP contribution in [-0.4, -0.2) is 53.8 Å². The molecule has 0 aromatic carbocycles. The lowest BCUT2D eigenvalue weighted by Crippen LogP contribution is -2.44. The van der Waals surface area contributed by atoms with Crippen LogP contribution in [-0.2, 0) is 18.2 Å². The van der Waals surface area contributed by atoms with Gasteiger partial charge in [-0.1, -0.05) is 0 Å². The highest BCUT2D eigenvalue weighted by molar-refractivity contribution is 5.21. The number of fused-ring (bicyclic) bond motifs is 1. The Bertz CT molecular complexity index is 384. The maximum atomic E-state index is 5.38. The first-order valence-corrected chi connectivity index (χ1v) is 6.38. The van der Waals surface area contributed by atoms with Gasteiger partial charge in [-0.25, -0.2) is 4.98 Å². The van der Waals surface area contributed by atoms with Crippen LogP contribution in [0.5, 0.6) is 0 Å². The molecule has 0 saturated carbocycles. The minimum Gasteiger partial charge on any atom is -0.379 e. The summed E-state index contributed by atoms with van der Waals surface area (Å²) in [5, 5.41) is 3.58. The second kappa shape index (κ2) is 4.76. The predicted molar refractivity (Wildman–Crippen MR) is 64.9 cm³/mol. The Hall–Kier alpha value is -0.910. The number of nitrogens with one attached hydrogen (secondary N) is 1. The van der Waals surface area contributed by atoms with Gasteiger partial charge in [-0.3, -0.25) is 4.90 Å². The number of nitrogens with zero attached hydrogens (tertiary/aromatic N) is 3. The van der Waals surface area contributed by atoms with Gasteiger partial charge in [0.1, 0.15) is 0 Å². The third-order valence-corrected chi connectivity index (χ3v) is 3.72. The van der Waals surface area contributed by atoms with E-state index in [1.54, 1.807) is 0 Å². The molecule has 5 nitrogen and oxygen atoms in total. The second-order valence-corrected chi connectivity index (χ2v) is 4.86. The van der Waals surface area contributed by atoms with Crippen molar-refractivity contribution in [2.45, 2.75) is 12.5 Å². The largest absolute Gasteiger partial charge is 0.379 e. The molecule has 1 aromatic rings. The minimum absolute atomic E-state index is 0.387. The van der Waals surface area contributed by atoms with Crippen LogP contribution in [0.25, 0.3) is 0 Å². The number of aryl methyl sites for hydroxylation is 1. The maximum Gasteiger partial charge on any atom is 0.0949 e. The predicted octanol–water partition coefficient (Wildman–Crippen LogP) is -0.0609. The smallest absolute Gasteiger partial charge is 0.0949 e. The van der Waals surface area contributed by atoms with E-state index < -0.39 is 0 Å². The Balaban J connectivity index is 1.71. The molecule has 1 saturated heterocycles. The van der Waals surface area contributed by atoms with E-state index in [2.05, 4.69) is 26.8 Å². The molecule has 0 aliphatic carbocycles. The van der Waals surface area contributed by atoms with E-state index in [-0.39, 0.29) is 0 Å². The molecule has 3 heterocycles. The molecule has 1 atom stereocenters. The molecular formula is C12H20N4O. The molecule has 2 aliphatic rings. The third kappa shape index (κ3) is 2.22. The molecule has 5 heteroatoms. The average molecular weight is 236 g/mol. The first kappa shape index (κ1) is 11.2. The number of morpholine rings is 1. The summed E-state index contributed by atoms with van der Waals surface area (Å²) in [5.41, 5.74) is 2.63. The summed E-state index contributed by atoms with van der Waals surface area (Å²) in [6, 6.07) is 0.387. The third-order valence-electron chi connectivity index (χ3n) is 3.72. The van der Waals surface area contributed by atoms with E-state index in [9.17, 15) is 0 Å². The summed E-state index contributed by atoms with van der Waals surface area (Å²) in [7, 11) is 2.09. The van der Waals surface area contributed by atoms with Crippen molar-refractivity contribution in [3.63, 3.8) is 0 Å². The zero-order valence-electron chi connectivity index (χ0n) is 10.4. The highest BCUT2D eigenvalue weighted by Crippen LogP contribution is 2.21. The second-order valence-electron chi connectivity index (χ2n) is 4.86. The molecule has 0 spiro atoms. The fraction of sp³-hybridized carbons (Fsp3) is 0.750. The summed E-state index contributed by atoms with van der Waals surface area (Å²) in [5.74, 6) is 0. The van der Waals surface area contributed by atoms with Crippen molar-refractivity contribution >= 4 is 0 Å². The maximum absolute atomic E-state index is 5.38. The first-order valence-electron chi connectivity index (χ1n) is 6.38. The fourth-order valence-corrected chi connectivity index (χ4v) is 2.72. The van der Waals surface area contributed by atoms with Crippen molar-refractivity contribution in [1.29, 1.82) is 0 Å². The Morgan fingerprint density at radius 2 is 2.29 bits per heavy atom. The Labute approximate surface area is 102 Å². The van der Waals surface area contributed by atoms with Crippen LogP contribution in [0.2, 0.25) is 0 Å². The van der Waals surface area contributed by atoms with Gasteiger partial charge in [0.05, 0.1) is 31.3 Å². The monoisotopic (exact) mass is 236 g/mol. The van der Waals surface area contributed by atoms with Gasteiger partial charge in [0.25, 0.3) is 0 Å². The van der Waals surface area contributed by atoms with E-state index in [1.807, 2.05) is 6.33 Å². The van der Waals surface area contributed by atoms with Gasteiger partial charge in [-0.05, 0) is 0 Å². The Kier molecular flexibility index (Phi) is 3.13. The molecule has 3 rings (SSSR count). The lowest BCUT2D eigenvalue weighted by molar-refractivity contribution is 0.0329. The average Bonchev–Trinajstić information content (AvgIpc) is 2.74. The summed E-state index contributed by atoms with van der Waals surface area (Å²) in [4.78, 5) is 7.01. The van der Waals surface area contributed by atoms with E-state index in [1.165, 1.54) is 11.4 Å². The molecule has 1 unspecified atom stereocenters. The standard InChI is InChI=1S/C12H20N4O/c1-15-9-14-12-10(13-3-2-11(12)15)8-16-4-6-17-7-5-16/h9-10,13H,2-8H2,1H3. The molecular weight excluding hydrogens is 216 g/mol. The summed E-state index contributed by atoms with van der Waals surface area (Å²) in [6.45, 7) is 5.92. The van der Waals surface area contributed by atoms with Crippen molar-refractivity contribution in [3.05, 3.63) is 17.7 Å². The molecule has 2 aliphatic heterocycles. The number of hydrogen-bond acceptors (Lipinski definition) is 4. The van der Waals surface area contributed by atoms with Gasteiger partial charge in [-0.15, -0.1) is 0 Å². The molecule has 94 valence electrons. The van der Waals surface area contributed by atoms with Gasteiger partial charge in [0.15, 0.2) is 0 Å². The van der Waals surface area contributed by atoms with Crippen molar-refractivity contribution in [2.24, 2.45) is 7.05 Å². The normalized spacial score (nSPS) is 25.8. The molecule has 1 aromatic heterocycles. The van der Waals surface area contributed by atoms with E-state index in [0.29, 0.717) is 6.04 Å². The minimum atomic E-state index is 0.387. The fourth-order valence-electron chi connectivity index (χ4n) is 2.72. The highest BCUT2D eigenvalue weighted by atomic mass is 16.5. The van der Waals surface area contributed by atoms with Gasteiger partial charge < -0.3 is 14.6 Å². The van der Waals surface area contributed by atoms with Gasteiger partial charge >= 0.3 is 0 Å². The summed E-state index contributed by atoms with van der Waals surface area (Å²) in [6.07, 6.45) is 3.02. The van der Waals surface area contributed by atoms with Gasteiger partial charge in [-0.2, -0.15) is 0 Å². The van der Waals surface area contributed by atoms with Crippen LogP contribution in [0.3, 0.4) is 0 Å². The van der Waals surface area contributed by atoms with Gasteiger partial charge in [0.2, 0.25) is 0 Å². The molecule has 0 radical (unpaired) electrons. The van der Waals surface area contributed by atoms with Crippen LogP contribution in [0.1, 0.15) is 17.4 Å². The van der Waals surface area contributed by atoms with Crippen LogP contribution >= 0.6 is 0 Å². The topological polar surface area (TPSA) is 42.3 Å². The zero-order valence-corrected chi connectivity index (χ0v) is 10.4. The summed E-state index contributed by atoms with van der Waals surface area (Å²) < 4.78 is 7.54. The highest BCUT2D eigenvalue weighted by Gasteiger charge is 2.25.